The molecule has 0 saturated heterocycles. The number of carbonyl (C=O) groups is 1. The van der Waals surface area contributed by atoms with Crippen LogP contribution >= 0.6 is 0 Å². The summed E-state index contributed by atoms with van der Waals surface area (Å²) in [6.45, 7) is 4.67. The van der Waals surface area contributed by atoms with Crippen molar-refractivity contribution in [3.63, 3.8) is 0 Å². The van der Waals surface area contributed by atoms with Gasteiger partial charge in [0.2, 0.25) is 0 Å². The molecule has 126 valence electrons. The fraction of sp³-hybridized carbons (Fsp3) is 0.381. The lowest BCUT2D eigenvalue weighted by Gasteiger charge is -2.42. The number of hydrogen-bond acceptors (Lipinski definition) is 2. The van der Waals surface area contributed by atoms with E-state index in [1.165, 1.54) is 12.0 Å². The quantitative estimate of drug-likeness (QED) is 0.859. The predicted octanol–water partition coefficient (Wildman–Crippen LogP) is 4.33. The van der Waals surface area contributed by atoms with Gasteiger partial charge in [-0.3, -0.25) is 4.79 Å². The van der Waals surface area contributed by atoms with Gasteiger partial charge in [0.1, 0.15) is 5.75 Å². The van der Waals surface area contributed by atoms with Gasteiger partial charge in [-0.15, -0.1) is 0 Å². The molecule has 3 nitrogen and oxygen atoms in total. The van der Waals surface area contributed by atoms with E-state index in [9.17, 15) is 4.79 Å². The van der Waals surface area contributed by atoms with Crippen molar-refractivity contribution in [1.29, 1.82) is 0 Å². The van der Waals surface area contributed by atoms with E-state index in [2.05, 4.69) is 29.6 Å². The molecule has 0 aliphatic heterocycles. The molecule has 0 unspecified atom stereocenters. The summed E-state index contributed by atoms with van der Waals surface area (Å²) in [5, 5.41) is 3.12. The molecule has 0 heterocycles. The van der Waals surface area contributed by atoms with E-state index in [1.807, 2.05) is 44.2 Å². The second-order valence-corrected chi connectivity index (χ2v) is 6.87. The van der Waals surface area contributed by atoms with Crippen LogP contribution in [0.5, 0.6) is 5.75 Å². The average molecular weight is 323 g/mol. The number of ether oxygens (including phenoxy) is 1. The van der Waals surface area contributed by atoms with Gasteiger partial charge in [-0.2, -0.15) is 0 Å². The van der Waals surface area contributed by atoms with Crippen LogP contribution in [-0.2, 0) is 5.41 Å². The Morgan fingerprint density at radius 2 is 1.75 bits per heavy atom. The smallest absolute Gasteiger partial charge is 0.251 e. The van der Waals surface area contributed by atoms with Gasteiger partial charge in [0.25, 0.3) is 5.91 Å². The summed E-state index contributed by atoms with van der Waals surface area (Å²) in [4.78, 5) is 12.4. The van der Waals surface area contributed by atoms with Crippen molar-refractivity contribution in [2.75, 3.05) is 6.54 Å². The lowest BCUT2D eigenvalue weighted by Crippen LogP contribution is -2.45. The maximum atomic E-state index is 12.4. The minimum Gasteiger partial charge on any atom is -0.491 e. The number of nitrogens with one attached hydrogen (secondary N) is 1. The molecule has 0 spiro atoms. The summed E-state index contributed by atoms with van der Waals surface area (Å²) < 4.78 is 5.62. The maximum absolute atomic E-state index is 12.4. The zero-order valence-corrected chi connectivity index (χ0v) is 14.4. The van der Waals surface area contributed by atoms with E-state index in [-0.39, 0.29) is 17.4 Å². The van der Waals surface area contributed by atoms with Crippen LogP contribution in [0.1, 0.15) is 49.0 Å². The van der Waals surface area contributed by atoms with Crippen molar-refractivity contribution in [2.45, 2.75) is 44.6 Å². The molecule has 1 aliphatic rings. The Morgan fingerprint density at radius 3 is 2.29 bits per heavy atom. The summed E-state index contributed by atoms with van der Waals surface area (Å²) in [5.74, 6) is 0.773. The first-order valence-electron chi connectivity index (χ1n) is 8.69. The molecule has 2 aromatic carbocycles. The topological polar surface area (TPSA) is 38.3 Å². The number of benzene rings is 2. The molecule has 1 aliphatic carbocycles. The first-order chi connectivity index (χ1) is 11.6. The van der Waals surface area contributed by atoms with E-state index in [0.29, 0.717) is 12.1 Å². The van der Waals surface area contributed by atoms with Crippen molar-refractivity contribution in [1.82, 2.24) is 5.32 Å². The Hall–Kier alpha value is -2.29. The van der Waals surface area contributed by atoms with Crippen molar-refractivity contribution in [2.24, 2.45) is 0 Å². The molecule has 24 heavy (non-hydrogen) atoms. The predicted molar refractivity (Wildman–Crippen MR) is 96.5 cm³/mol. The minimum atomic E-state index is -0.0201. The van der Waals surface area contributed by atoms with Crippen LogP contribution in [-0.4, -0.2) is 18.6 Å². The SMILES string of the molecule is CC(C)Oc1ccc(C(=O)NCC2(c3ccccc3)CCC2)cc1. The van der Waals surface area contributed by atoms with E-state index in [4.69, 9.17) is 4.74 Å². The van der Waals surface area contributed by atoms with Gasteiger partial charge in [0.05, 0.1) is 6.10 Å². The zero-order chi connectivity index (χ0) is 17.0. The van der Waals surface area contributed by atoms with Crippen molar-refractivity contribution in [3.8, 4) is 5.75 Å². The second-order valence-electron chi connectivity index (χ2n) is 6.87. The van der Waals surface area contributed by atoms with Gasteiger partial charge in [-0.1, -0.05) is 36.8 Å². The number of rotatable bonds is 6. The third-order valence-electron chi connectivity index (χ3n) is 4.77. The molecule has 3 rings (SSSR count). The Kier molecular flexibility index (Phi) is 4.89. The van der Waals surface area contributed by atoms with E-state index < -0.39 is 0 Å². The number of hydrogen-bond donors (Lipinski definition) is 1. The summed E-state index contributed by atoms with van der Waals surface area (Å²) in [6.07, 6.45) is 3.64. The molecular weight excluding hydrogens is 298 g/mol. The van der Waals surface area contributed by atoms with Gasteiger partial charge in [-0.25, -0.2) is 0 Å². The van der Waals surface area contributed by atoms with E-state index in [0.717, 1.165) is 18.6 Å². The maximum Gasteiger partial charge on any atom is 0.251 e. The van der Waals surface area contributed by atoms with Crippen LogP contribution in [0, 0.1) is 0 Å². The Labute approximate surface area is 144 Å². The lowest BCUT2D eigenvalue weighted by molar-refractivity contribution is 0.0928. The van der Waals surface area contributed by atoms with Gasteiger partial charge in [0.15, 0.2) is 0 Å². The van der Waals surface area contributed by atoms with Crippen LogP contribution in [0.15, 0.2) is 54.6 Å². The molecule has 1 fully saturated rings. The molecule has 1 amide bonds. The standard InChI is InChI=1S/C21H25NO2/c1-16(2)24-19-11-9-17(10-12-19)20(23)22-15-21(13-6-14-21)18-7-4-3-5-8-18/h3-5,7-12,16H,6,13-15H2,1-2H3,(H,22,23). The first kappa shape index (κ1) is 16.6. The minimum absolute atomic E-state index is 0.0201. The molecule has 1 N–H and O–H groups in total. The van der Waals surface area contributed by atoms with Crippen molar-refractivity contribution < 1.29 is 9.53 Å². The van der Waals surface area contributed by atoms with E-state index in [1.54, 1.807) is 0 Å². The first-order valence-corrected chi connectivity index (χ1v) is 8.69. The third-order valence-corrected chi connectivity index (χ3v) is 4.77. The van der Waals surface area contributed by atoms with Gasteiger partial charge in [-0.05, 0) is 56.5 Å². The summed E-state index contributed by atoms with van der Waals surface area (Å²) in [7, 11) is 0. The van der Waals surface area contributed by atoms with Crippen LogP contribution in [0.25, 0.3) is 0 Å². The molecular formula is C21H25NO2. The highest BCUT2D eigenvalue weighted by Gasteiger charge is 2.38. The molecule has 3 heteroatoms. The Bertz CT molecular complexity index is 673. The third kappa shape index (κ3) is 3.61. The fourth-order valence-electron chi connectivity index (χ4n) is 3.27. The Balaban J connectivity index is 1.62. The Morgan fingerprint density at radius 1 is 1.08 bits per heavy atom. The van der Waals surface area contributed by atoms with Gasteiger partial charge < -0.3 is 10.1 Å². The van der Waals surface area contributed by atoms with Crippen molar-refractivity contribution >= 4 is 5.91 Å². The summed E-state index contributed by atoms with van der Waals surface area (Å²) >= 11 is 0. The summed E-state index contributed by atoms with van der Waals surface area (Å²) in [6, 6.07) is 17.9. The average Bonchev–Trinajstić information content (AvgIpc) is 2.55. The van der Waals surface area contributed by atoms with Gasteiger partial charge >= 0.3 is 0 Å². The van der Waals surface area contributed by atoms with Gasteiger partial charge in [0, 0.05) is 17.5 Å². The van der Waals surface area contributed by atoms with Crippen LogP contribution < -0.4 is 10.1 Å². The van der Waals surface area contributed by atoms with Crippen LogP contribution in [0.3, 0.4) is 0 Å². The highest BCUT2D eigenvalue weighted by Crippen LogP contribution is 2.43. The van der Waals surface area contributed by atoms with Crippen molar-refractivity contribution in [3.05, 3.63) is 65.7 Å². The lowest BCUT2D eigenvalue weighted by atomic mass is 9.64. The van der Waals surface area contributed by atoms with E-state index >= 15 is 0 Å². The molecule has 0 aromatic heterocycles. The fourth-order valence-corrected chi connectivity index (χ4v) is 3.27. The van der Waals surface area contributed by atoms with Crippen LogP contribution in [0.2, 0.25) is 0 Å². The molecule has 0 atom stereocenters. The normalized spacial score (nSPS) is 15.6. The molecule has 1 saturated carbocycles. The molecule has 2 aromatic rings. The monoisotopic (exact) mass is 323 g/mol. The molecule has 0 bridgehead atoms. The second kappa shape index (κ2) is 7.08. The largest absolute Gasteiger partial charge is 0.491 e. The highest BCUT2D eigenvalue weighted by molar-refractivity contribution is 5.94. The van der Waals surface area contributed by atoms with Crippen LogP contribution in [0.4, 0.5) is 0 Å². The highest BCUT2D eigenvalue weighted by atomic mass is 16.5. The number of amides is 1. The number of carbonyl (C=O) groups excluding carboxylic acids is 1. The zero-order valence-electron chi connectivity index (χ0n) is 14.4. The molecule has 0 radical (unpaired) electrons. The summed E-state index contributed by atoms with van der Waals surface area (Å²) in [5.41, 5.74) is 2.11.